The molecular formula is C13H14N2O2. The van der Waals surface area contributed by atoms with Crippen molar-refractivity contribution in [2.24, 2.45) is 5.92 Å². The largest absolute Gasteiger partial charge is 0.481 e. The summed E-state index contributed by atoms with van der Waals surface area (Å²) in [4.78, 5) is 19.5. The standard InChI is InChI=1S/C13H14N2O2/c1-8(2)12(13(16)17)10-5-9-6-14-4-3-11(9)15-7-10/h3-8,12H,1-2H3,(H,16,17). The molecular weight excluding hydrogens is 216 g/mol. The van der Waals surface area contributed by atoms with Gasteiger partial charge in [0.1, 0.15) is 0 Å². The van der Waals surface area contributed by atoms with E-state index in [1.807, 2.05) is 26.0 Å². The smallest absolute Gasteiger partial charge is 0.311 e. The van der Waals surface area contributed by atoms with Gasteiger partial charge >= 0.3 is 5.97 Å². The lowest BCUT2D eigenvalue weighted by atomic mass is 9.89. The Balaban J connectivity index is 2.51. The molecule has 88 valence electrons. The Morgan fingerprint density at radius 2 is 2.12 bits per heavy atom. The number of fused-ring (bicyclic) bond motifs is 1. The average molecular weight is 230 g/mol. The van der Waals surface area contributed by atoms with Crippen LogP contribution in [-0.4, -0.2) is 21.0 Å². The first-order chi connectivity index (χ1) is 8.09. The van der Waals surface area contributed by atoms with Crippen molar-refractivity contribution in [1.82, 2.24) is 9.97 Å². The fourth-order valence-electron chi connectivity index (χ4n) is 1.97. The summed E-state index contributed by atoms with van der Waals surface area (Å²) in [6, 6.07) is 3.67. The Hall–Kier alpha value is -1.97. The van der Waals surface area contributed by atoms with E-state index in [1.54, 1.807) is 18.6 Å². The lowest BCUT2D eigenvalue weighted by Crippen LogP contribution is -2.17. The summed E-state index contributed by atoms with van der Waals surface area (Å²) < 4.78 is 0. The van der Waals surface area contributed by atoms with Gasteiger partial charge in [-0.15, -0.1) is 0 Å². The van der Waals surface area contributed by atoms with Crippen molar-refractivity contribution in [3.8, 4) is 0 Å². The normalized spacial score (nSPS) is 12.9. The second kappa shape index (κ2) is 4.49. The maximum absolute atomic E-state index is 11.2. The topological polar surface area (TPSA) is 63.1 Å². The third-order valence-electron chi connectivity index (χ3n) is 2.79. The molecule has 17 heavy (non-hydrogen) atoms. The number of nitrogens with zero attached hydrogens (tertiary/aromatic N) is 2. The molecule has 0 fully saturated rings. The number of rotatable bonds is 3. The number of aliphatic carboxylic acids is 1. The van der Waals surface area contributed by atoms with Crippen LogP contribution in [0.15, 0.2) is 30.7 Å². The Kier molecular flexibility index (Phi) is 3.04. The number of carbonyl (C=O) groups is 1. The highest BCUT2D eigenvalue weighted by Crippen LogP contribution is 2.26. The van der Waals surface area contributed by atoms with Crippen LogP contribution >= 0.6 is 0 Å². The fraction of sp³-hybridized carbons (Fsp3) is 0.308. The van der Waals surface area contributed by atoms with Crippen LogP contribution in [0.2, 0.25) is 0 Å². The first kappa shape index (κ1) is 11.5. The summed E-state index contributed by atoms with van der Waals surface area (Å²) in [6.45, 7) is 3.79. The minimum atomic E-state index is -0.815. The molecule has 4 nitrogen and oxygen atoms in total. The SMILES string of the molecule is CC(C)C(C(=O)O)c1cnc2ccncc2c1. The highest BCUT2D eigenvalue weighted by Gasteiger charge is 2.23. The minimum absolute atomic E-state index is 0.0309. The van der Waals surface area contributed by atoms with Gasteiger partial charge in [-0.2, -0.15) is 0 Å². The van der Waals surface area contributed by atoms with Crippen molar-refractivity contribution >= 4 is 16.9 Å². The van der Waals surface area contributed by atoms with Gasteiger partial charge in [0.2, 0.25) is 0 Å². The van der Waals surface area contributed by atoms with Crippen molar-refractivity contribution < 1.29 is 9.90 Å². The zero-order valence-electron chi connectivity index (χ0n) is 9.79. The molecule has 2 rings (SSSR count). The summed E-state index contributed by atoms with van der Waals surface area (Å²) in [5.41, 5.74) is 1.56. The molecule has 2 aromatic heterocycles. The van der Waals surface area contributed by atoms with E-state index in [1.165, 1.54) is 0 Å². The molecule has 4 heteroatoms. The van der Waals surface area contributed by atoms with E-state index < -0.39 is 11.9 Å². The summed E-state index contributed by atoms with van der Waals surface area (Å²) in [5, 5.41) is 10.1. The van der Waals surface area contributed by atoms with Gasteiger partial charge in [0.15, 0.2) is 0 Å². The van der Waals surface area contributed by atoms with E-state index in [2.05, 4.69) is 9.97 Å². The zero-order chi connectivity index (χ0) is 12.4. The second-order valence-electron chi connectivity index (χ2n) is 4.40. The molecule has 0 spiro atoms. The van der Waals surface area contributed by atoms with Crippen molar-refractivity contribution in [3.05, 3.63) is 36.3 Å². The molecule has 1 unspecified atom stereocenters. The Bertz CT molecular complexity index is 552. The van der Waals surface area contributed by atoms with Crippen LogP contribution in [-0.2, 0) is 4.79 Å². The van der Waals surface area contributed by atoms with Crippen molar-refractivity contribution in [1.29, 1.82) is 0 Å². The Morgan fingerprint density at radius 1 is 1.35 bits per heavy atom. The summed E-state index contributed by atoms with van der Waals surface area (Å²) in [5.74, 6) is -1.31. The lowest BCUT2D eigenvalue weighted by Gasteiger charge is -2.16. The molecule has 0 amide bonds. The number of pyridine rings is 2. The molecule has 2 aromatic rings. The molecule has 0 radical (unpaired) electrons. The number of hydrogen-bond donors (Lipinski definition) is 1. The monoisotopic (exact) mass is 230 g/mol. The first-order valence-electron chi connectivity index (χ1n) is 5.52. The van der Waals surface area contributed by atoms with Crippen LogP contribution in [0, 0.1) is 5.92 Å². The fourth-order valence-corrected chi connectivity index (χ4v) is 1.97. The zero-order valence-corrected chi connectivity index (χ0v) is 9.79. The van der Waals surface area contributed by atoms with Crippen molar-refractivity contribution in [2.45, 2.75) is 19.8 Å². The summed E-state index contributed by atoms with van der Waals surface area (Å²) >= 11 is 0. The highest BCUT2D eigenvalue weighted by atomic mass is 16.4. The van der Waals surface area contributed by atoms with E-state index >= 15 is 0 Å². The maximum Gasteiger partial charge on any atom is 0.311 e. The van der Waals surface area contributed by atoms with E-state index in [9.17, 15) is 9.90 Å². The molecule has 2 heterocycles. The van der Waals surface area contributed by atoms with Gasteiger partial charge < -0.3 is 5.11 Å². The van der Waals surface area contributed by atoms with Crippen molar-refractivity contribution in [2.75, 3.05) is 0 Å². The minimum Gasteiger partial charge on any atom is -0.481 e. The van der Waals surface area contributed by atoms with Crippen LogP contribution in [0.5, 0.6) is 0 Å². The molecule has 1 atom stereocenters. The van der Waals surface area contributed by atoms with Gasteiger partial charge in [0.25, 0.3) is 0 Å². The van der Waals surface area contributed by atoms with Crippen molar-refractivity contribution in [3.63, 3.8) is 0 Å². The molecule has 0 aliphatic carbocycles. The summed E-state index contributed by atoms with van der Waals surface area (Å²) in [6.07, 6.45) is 5.01. The van der Waals surface area contributed by atoms with E-state index in [4.69, 9.17) is 0 Å². The highest BCUT2D eigenvalue weighted by molar-refractivity contribution is 5.81. The lowest BCUT2D eigenvalue weighted by molar-refractivity contribution is -0.139. The van der Waals surface area contributed by atoms with E-state index in [-0.39, 0.29) is 5.92 Å². The number of hydrogen-bond acceptors (Lipinski definition) is 3. The molecule has 0 bridgehead atoms. The quantitative estimate of drug-likeness (QED) is 0.879. The van der Waals surface area contributed by atoms with Gasteiger partial charge in [-0.05, 0) is 23.6 Å². The van der Waals surface area contributed by atoms with Crippen LogP contribution in [0.25, 0.3) is 10.9 Å². The average Bonchev–Trinajstić information content (AvgIpc) is 2.28. The molecule has 0 aliphatic heterocycles. The number of carboxylic acids is 1. The second-order valence-corrected chi connectivity index (χ2v) is 4.40. The van der Waals surface area contributed by atoms with Gasteiger partial charge in [0, 0.05) is 24.0 Å². The van der Waals surface area contributed by atoms with Crippen LogP contribution < -0.4 is 0 Å². The van der Waals surface area contributed by atoms with E-state index in [0.717, 1.165) is 16.5 Å². The Morgan fingerprint density at radius 3 is 2.76 bits per heavy atom. The van der Waals surface area contributed by atoms with Gasteiger partial charge in [-0.25, -0.2) is 0 Å². The molecule has 0 saturated carbocycles. The Labute approximate surface area is 99.3 Å². The van der Waals surface area contributed by atoms with Crippen LogP contribution in [0.4, 0.5) is 0 Å². The molecule has 0 aliphatic rings. The predicted molar refractivity (Wildman–Crippen MR) is 64.8 cm³/mol. The number of carboxylic acid groups (broad SMARTS) is 1. The molecule has 1 N–H and O–H groups in total. The predicted octanol–water partition coefficient (Wildman–Crippen LogP) is 2.45. The van der Waals surface area contributed by atoms with Gasteiger partial charge in [-0.1, -0.05) is 13.8 Å². The summed E-state index contributed by atoms with van der Waals surface area (Å²) in [7, 11) is 0. The third kappa shape index (κ3) is 2.25. The van der Waals surface area contributed by atoms with Crippen LogP contribution in [0.3, 0.4) is 0 Å². The maximum atomic E-state index is 11.2. The van der Waals surface area contributed by atoms with Gasteiger partial charge in [-0.3, -0.25) is 14.8 Å². The van der Waals surface area contributed by atoms with Crippen LogP contribution in [0.1, 0.15) is 25.3 Å². The first-order valence-corrected chi connectivity index (χ1v) is 5.52. The van der Waals surface area contributed by atoms with E-state index in [0.29, 0.717) is 0 Å². The molecule has 0 saturated heterocycles. The third-order valence-corrected chi connectivity index (χ3v) is 2.79. The van der Waals surface area contributed by atoms with Gasteiger partial charge in [0.05, 0.1) is 11.4 Å². The molecule has 0 aromatic carbocycles. The number of aromatic nitrogens is 2.